The topological polar surface area (TPSA) is 24.4 Å². The van der Waals surface area contributed by atoms with Gasteiger partial charge in [-0.25, -0.2) is 0 Å². The molecule has 2 rings (SSSR count). The third-order valence-corrected chi connectivity index (χ3v) is 5.29. The van der Waals surface area contributed by atoms with E-state index < -0.39 is 0 Å². The van der Waals surface area contributed by atoms with Crippen molar-refractivity contribution in [3.8, 4) is 0 Å². The van der Waals surface area contributed by atoms with Gasteiger partial charge in [-0.05, 0) is 50.5 Å². The summed E-state index contributed by atoms with van der Waals surface area (Å²) in [6, 6.07) is 4.73. The maximum absolute atomic E-state index is 4.67. The average molecular weight is 327 g/mol. The summed E-state index contributed by atoms with van der Waals surface area (Å²) in [5.74, 6) is 0. The highest BCUT2D eigenvalue weighted by Crippen LogP contribution is 2.29. The Balaban J connectivity index is 2.19. The molecule has 0 spiro atoms. The first-order valence-corrected chi connectivity index (χ1v) is 7.91. The molecule has 2 nitrogen and oxygen atoms in total. The van der Waals surface area contributed by atoms with E-state index in [9.17, 15) is 0 Å². The first kappa shape index (κ1) is 13.9. The van der Waals surface area contributed by atoms with E-state index in [-0.39, 0.29) is 0 Å². The van der Waals surface area contributed by atoms with Crippen molar-refractivity contribution in [1.82, 2.24) is 0 Å². The Morgan fingerprint density at radius 1 is 1.28 bits per heavy atom. The predicted molar refractivity (Wildman–Crippen MR) is 85.8 cm³/mol. The summed E-state index contributed by atoms with van der Waals surface area (Å²) < 4.78 is 1.19. The van der Waals surface area contributed by atoms with Crippen LogP contribution >= 0.6 is 27.7 Å². The van der Waals surface area contributed by atoms with E-state index in [1.165, 1.54) is 15.6 Å². The van der Waals surface area contributed by atoms with Crippen LogP contribution in [0.5, 0.6) is 0 Å². The molecule has 0 aromatic heterocycles. The van der Waals surface area contributed by atoms with Crippen LogP contribution in [-0.2, 0) is 0 Å². The minimum absolute atomic E-state index is 0.418. The number of amidine groups is 1. The van der Waals surface area contributed by atoms with Gasteiger partial charge in [-0.2, -0.15) is 0 Å². The Labute approximate surface area is 122 Å². The number of hydrogen-bond donors (Lipinski definition) is 1. The largest absolute Gasteiger partial charge is 0.335 e. The van der Waals surface area contributed by atoms with Crippen LogP contribution in [0.4, 0.5) is 5.69 Å². The van der Waals surface area contributed by atoms with Crippen LogP contribution in [0.25, 0.3) is 0 Å². The molecule has 18 heavy (non-hydrogen) atoms. The van der Waals surface area contributed by atoms with Crippen molar-refractivity contribution in [2.75, 3.05) is 5.32 Å². The van der Waals surface area contributed by atoms with E-state index in [1.807, 2.05) is 11.8 Å². The van der Waals surface area contributed by atoms with Crippen molar-refractivity contribution in [2.24, 2.45) is 4.99 Å². The SMILES string of the molecule is Cc1cc(NC2=NC(C)CC(C)S2)cc(C)c1Br. The van der Waals surface area contributed by atoms with Gasteiger partial charge < -0.3 is 5.32 Å². The molecule has 0 radical (unpaired) electrons. The Hall–Kier alpha value is -0.480. The van der Waals surface area contributed by atoms with Crippen molar-refractivity contribution in [3.05, 3.63) is 27.7 Å². The number of aliphatic imine (C=N–C) groups is 1. The standard InChI is InChI=1S/C14H19BrN2S/c1-8-5-12(6-9(2)13(8)15)17-14-16-10(3)7-11(4)18-14/h5-6,10-11H,7H2,1-4H3,(H,16,17). The van der Waals surface area contributed by atoms with Crippen LogP contribution in [-0.4, -0.2) is 16.5 Å². The van der Waals surface area contributed by atoms with Crippen molar-refractivity contribution >= 4 is 38.5 Å². The fourth-order valence-corrected chi connectivity index (χ4v) is 3.61. The van der Waals surface area contributed by atoms with Crippen LogP contribution in [0.2, 0.25) is 0 Å². The van der Waals surface area contributed by atoms with Crippen molar-refractivity contribution in [2.45, 2.75) is 45.4 Å². The molecule has 1 aromatic carbocycles. The van der Waals surface area contributed by atoms with Crippen molar-refractivity contribution in [1.29, 1.82) is 0 Å². The molecule has 1 aliphatic rings. The molecule has 0 amide bonds. The van der Waals surface area contributed by atoms with Crippen LogP contribution < -0.4 is 5.32 Å². The summed E-state index contributed by atoms with van der Waals surface area (Å²) in [5, 5.41) is 5.12. The lowest BCUT2D eigenvalue weighted by Crippen LogP contribution is -2.22. The zero-order chi connectivity index (χ0) is 13.3. The third kappa shape index (κ3) is 3.29. The lowest BCUT2D eigenvalue weighted by Gasteiger charge is -2.23. The van der Waals surface area contributed by atoms with Gasteiger partial charge in [0.2, 0.25) is 0 Å². The van der Waals surface area contributed by atoms with Gasteiger partial charge in [-0.3, -0.25) is 4.99 Å². The average Bonchev–Trinajstić information content (AvgIpc) is 2.24. The number of benzene rings is 1. The number of aryl methyl sites for hydroxylation is 2. The fraction of sp³-hybridized carbons (Fsp3) is 0.500. The summed E-state index contributed by atoms with van der Waals surface area (Å²) in [7, 11) is 0. The molecule has 1 aliphatic heterocycles. The molecule has 0 aliphatic carbocycles. The summed E-state index contributed by atoms with van der Waals surface area (Å²) in [4.78, 5) is 4.67. The summed E-state index contributed by atoms with van der Waals surface area (Å²) in [6.07, 6.45) is 1.16. The zero-order valence-corrected chi connectivity index (χ0v) is 13.7. The Kier molecular flexibility index (Phi) is 4.38. The van der Waals surface area contributed by atoms with Gasteiger partial charge in [0.25, 0.3) is 0 Å². The van der Waals surface area contributed by atoms with Crippen LogP contribution in [0, 0.1) is 13.8 Å². The van der Waals surface area contributed by atoms with Crippen molar-refractivity contribution < 1.29 is 0 Å². The van der Waals surface area contributed by atoms with Gasteiger partial charge in [0.1, 0.15) is 0 Å². The highest BCUT2D eigenvalue weighted by atomic mass is 79.9. The number of nitrogens with one attached hydrogen (secondary N) is 1. The first-order chi connectivity index (χ1) is 8.45. The first-order valence-electron chi connectivity index (χ1n) is 6.24. The molecule has 0 saturated heterocycles. The quantitative estimate of drug-likeness (QED) is 0.805. The monoisotopic (exact) mass is 326 g/mol. The number of anilines is 1. The summed E-state index contributed by atoms with van der Waals surface area (Å²) >= 11 is 5.42. The number of nitrogens with zero attached hydrogens (tertiary/aromatic N) is 1. The molecule has 1 aromatic rings. The number of thioether (sulfide) groups is 1. The van der Waals surface area contributed by atoms with Crippen LogP contribution in [0.15, 0.2) is 21.6 Å². The van der Waals surface area contributed by atoms with Crippen LogP contribution in [0.1, 0.15) is 31.4 Å². The van der Waals surface area contributed by atoms with E-state index in [0.717, 1.165) is 17.3 Å². The molecule has 2 atom stereocenters. The Morgan fingerprint density at radius 3 is 2.44 bits per heavy atom. The second-order valence-corrected chi connectivity index (χ2v) is 7.22. The van der Waals surface area contributed by atoms with E-state index in [4.69, 9.17) is 0 Å². The molecular weight excluding hydrogens is 308 g/mol. The molecular formula is C14H19BrN2S. The second-order valence-electron chi connectivity index (χ2n) is 5.00. The summed E-state index contributed by atoms with van der Waals surface area (Å²) in [5.41, 5.74) is 3.63. The number of hydrogen-bond acceptors (Lipinski definition) is 3. The highest BCUT2D eigenvalue weighted by molar-refractivity contribution is 9.10. The molecule has 2 unspecified atom stereocenters. The molecule has 1 N–H and O–H groups in total. The fourth-order valence-electron chi connectivity index (χ4n) is 2.21. The van der Waals surface area contributed by atoms with Gasteiger partial charge in [0, 0.05) is 15.4 Å². The minimum Gasteiger partial charge on any atom is -0.335 e. The normalized spacial score (nSPS) is 23.7. The summed E-state index contributed by atoms with van der Waals surface area (Å²) in [6.45, 7) is 8.66. The van der Waals surface area contributed by atoms with Crippen LogP contribution in [0.3, 0.4) is 0 Å². The van der Waals surface area contributed by atoms with E-state index in [1.54, 1.807) is 0 Å². The number of rotatable bonds is 1. The molecule has 98 valence electrons. The zero-order valence-electron chi connectivity index (χ0n) is 11.2. The van der Waals surface area contributed by atoms with Gasteiger partial charge in [-0.15, -0.1) is 0 Å². The second kappa shape index (κ2) is 5.66. The van der Waals surface area contributed by atoms with E-state index >= 15 is 0 Å². The number of halogens is 1. The molecule has 0 fully saturated rings. The van der Waals surface area contributed by atoms with E-state index in [2.05, 4.69) is 66.1 Å². The van der Waals surface area contributed by atoms with Gasteiger partial charge in [-0.1, -0.05) is 34.6 Å². The van der Waals surface area contributed by atoms with Gasteiger partial charge >= 0.3 is 0 Å². The third-order valence-electron chi connectivity index (χ3n) is 3.01. The van der Waals surface area contributed by atoms with E-state index in [0.29, 0.717) is 11.3 Å². The highest BCUT2D eigenvalue weighted by Gasteiger charge is 2.18. The maximum Gasteiger partial charge on any atom is 0.161 e. The Morgan fingerprint density at radius 2 is 1.89 bits per heavy atom. The van der Waals surface area contributed by atoms with Gasteiger partial charge in [0.05, 0.1) is 6.04 Å². The smallest absolute Gasteiger partial charge is 0.161 e. The molecule has 0 saturated carbocycles. The predicted octanol–water partition coefficient (Wildman–Crippen LogP) is 4.75. The molecule has 1 heterocycles. The maximum atomic E-state index is 4.67. The lowest BCUT2D eigenvalue weighted by atomic mass is 10.1. The molecule has 0 bridgehead atoms. The molecule has 4 heteroatoms. The van der Waals surface area contributed by atoms with Crippen molar-refractivity contribution in [3.63, 3.8) is 0 Å². The minimum atomic E-state index is 0.418. The Bertz CT molecular complexity index is 462. The van der Waals surface area contributed by atoms with Gasteiger partial charge in [0.15, 0.2) is 5.17 Å². The lowest BCUT2D eigenvalue weighted by molar-refractivity contribution is 0.661.